The second-order valence-corrected chi connectivity index (χ2v) is 3.01. The lowest BCUT2D eigenvalue weighted by Gasteiger charge is -2.09. The largest absolute Gasteiger partial charge is 0.490 e. The zero-order valence-electron chi connectivity index (χ0n) is 8.95. The minimum atomic E-state index is -0.485. The van der Waals surface area contributed by atoms with Gasteiger partial charge in [-0.2, -0.15) is 0 Å². The molecule has 0 atom stereocenters. The Morgan fingerprint density at radius 2 is 2.20 bits per heavy atom. The summed E-state index contributed by atoms with van der Waals surface area (Å²) in [5.74, 6) is 0.515. The number of carbonyl (C=O) groups excluding carboxylic acids is 1. The van der Waals surface area contributed by atoms with E-state index in [9.17, 15) is 4.79 Å². The number of hydrogen-bond donors (Lipinski definition) is 0. The zero-order valence-corrected chi connectivity index (χ0v) is 8.95. The fourth-order valence-corrected chi connectivity index (χ4v) is 1.12. The van der Waals surface area contributed by atoms with Gasteiger partial charge in [-0.15, -0.1) is 0 Å². The van der Waals surface area contributed by atoms with Gasteiger partial charge in [0.1, 0.15) is 0 Å². The van der Waals surface area contributed by atoms with Gasteiger partial charge in [0.25, 0.3) is 0 Å². The number of hydrogen-bond acceptors (Lipinski definition) is 3. The fraction of sp³-hybridized carbons (Fsp3) is 0.250. The third kappa shape index (κ3) is 3.13. The van der Waals surface area contributed by atoms with E-state index in [0.717, 1.165) is 11.6 Å². The van der Waals surface area contributed by atoms with E-state index in [1.54, 1.807) is 12.1 Å². The van der Waals surface area contributed by atoms with Crippen molar-refractivity contribution >= 4 is 5.97 Å². The highest BCUT2D eigenvalue weighted by molar-refractivity contribution is 5.83. The second kappa shape index (κ2) is 5.20. The molecule has 0 aliphatic rings. The van der Waals surface area contributed by atoms with Gasteiger partial charge in [0.2, 0.25) is 0 Å². The molecular formula is C12H14O3. The van der Waals surface area contributed by atoms with Crippen LogP contribution < -0.4 is 9.47 Å². The quantitative estimate of drug-likeness (QED) is 0.431. The van der Waals surface area contributed by atoms with Gasteiger partial charge >= 0.3 is 5.97 Å². The van der Waals surface area contributed by atoms with Crippen LogP contribution in [0.2, 0.25) is 0 Å². The molecule has 1 rings (SSSR count). The Balaban J connectivity index is 2.95. The highest BCUT2D eigenvalue weighted by Gasteiger charge is 2.07. The van der Waals surface area contributed by atoms with Crippen molar-refractivity contribution in [3.05, 3.63) is 36.4 Å². The second-order valence-electron chi connectivity index (χ2n) is 3.01. The predicted molar refractivity (Wildman–Crippen MR) is 58.2 cm³/mol. The van der Waals surface area contributed by atoms with E-state index in [-0.39, 0.29) is 0 Å². The van der Waals surface area contributed by atoms with E-state index in [4.69, 9.17) is 9.47 Å². The van der Waals surface area contributed by atoms with Crippen LogP contribution in [0.25, 0.3) is 0 Å². The minimum Gasteiger partial charge on any atom is -0.490 e. The van der Waals surface area contributed by atoms with Crippen LogP contribution in [-0.2, 0) is 4.79 Å². The summed E-state index contributed by atoms with van der Waals surface area (Å²) in [4.78, 5) is 11.1. The van der Waals surface area contributed by atoms with Gasteiger partial charge in [0.05, 0.1) is 6.61 Å². The number of ether oxygens (including phenoxy) is 2. The molecule has 1 aromatic carbocycles. The van der Waals surface area contributed by atoms with Crippen LogP contribution in [0.15, 0.2) is 30.9 Å². The molecule has 0 bridgehead atoms. The van der Waals surface area contributed by atoms with E-state index < -0.39 is 5.97 Å². The Hall–Kier alpha value is -1.77. The van der Waals surface area contributed by atoms with Gasteiger partial charge in [-0.3, -0.25) is 0 Å². The molecule has 0 spiro atoms. The molecule has 0 aromatic heterocycles. The van der Waals surface area contributed by atoms with Crippen molar-refractivity contribution in [2.24, 2.45) is 0 Å². The van der Waals surface area contributed by atoms with Gasteiger partial charge in [0.15, 0.2) is 11.5 Å². The summed E-state index contributed by atoms with van der Waals surface area (Å²) >= 11 is 0. The van der Waals surface area contributed by atoms with E-state index in [0.29, 0.717) is 18.1 Å². The SMILES string of the molecule is C=CC(=O)Oc1cc(C)ccc1OCC. The van der Waals surface area contributed by atoms with E-state index >= 15 is 0 Å². The van der Waals surface area contributed by atoms with Gasteiger partial charge in [-0.25, -0.2) is 4.79 Å². The van der Waals surface area contributed by atoms with Crippen molar-refractivity contribution in [3.63, 3.8) is 0 Å². The number of rotatable bonds is 4. The zero-order chi connectivity index (χ0) is 11.3. The molecule has 0 unspecified atom stereocenters. The maximum atomic E-state index is 11.1. The minimum absolute atomic E-state index is 0.432. The third-order valence-electron chi connectivity index (χ3n) is 1.78. The first-order chi connectivity index (χ1) is 7.17. The number of benzene rings is 1. The smallest absolute Gasteiger partial charge is 0.335 e. The molecule has 0 saturated carbocycles. The van der Waals surface area contributed by atoms with Crippen LogP contribution in [0.1, 0.15) is 12.5 Å². The summed E-state index contributed by atoms with van der Waals surface area (Å²) in [7, 11) is 0. The Bertz CT molecular complexity index is 369. The maximum Gasteiger partial charge on any atom is 0.335 e. The van der Waals surface area contributed by atoms with E-state index in [1.165, 1.54) is 0 Å². The summed E-state index contributed by atoms with van der Waals surface area (Å²) < 4.78 is 10.4. The number of aryl methyl sites for hydroxylation is 1. The molecular weight excluding hydrogens is 192 g/mol. The first kappa shape index (κ1) is 11.3. The van der Waals surface area contributed by atoms with Crippen LogP contribution in [0.4, 0.5) is 0 Å². The predicted octanol–water partition coefficient (Wildman–Crippen LogP) is 2.49. The Kier molecular flexibility index (Phi) is 3.92. The van der Waals surface area contributed by atoms with Gasteiger partial charge in [-0.05, 0) is 31.5 Å². The van der Waals surface area contributed by atoms with Crippen LogP contribution in [-0.4, -0.2) is 12.6 Å². The summed E-state index contributed by atoms with van der Waals surface area (Å²) in [6.45, 7) is 7.66. The summed E-state index contributed by atoms with van der Waals surface area (Å²) in [5, 5.41) is 0. The van der Waals surface area contributed by atoms with E-state index in [1.807, 2.05) is 19.9 Å². The number of carbonyl (C=O) groups is 1. The van der Waals surface area contributed by atoms with Crippen LogP contribution >= 0.6 is 0 Å². The fourth-order valence-electron chi connectivity index (χ4n) is 1.12. The lowest BCUT2D eigenvalue weighted by atomic mass is 10.2. The maximum absolute atomic E-state index is 11.1. The van der Waals surface area contributed by atoms with Gasteiger partial charge in [-0.1, -0.05) is 12.6 Å². The van der Waals surface area contributed by atoms with Crippen LogP contribution in [0.3, 0.4) is 0 Å². The highest BCUT2D eigenvalue weighted by atomic mass is 16.6. The topological polar surface area (TPSA) is 35.5 Å². The molecule has 0 N–H and O–H groups in total. The molecule has 0 aliphatic carbocycles. The third-order valence-corrected chi connectivity index (χ3v) is 1.78. The lowest BCUT2D eigenvalue weighted by Crippen LogP contribution is -2.05. The molecule has 80 valence electrons. The first-order valence-electron chi connectivity index (χ1n) is 4.75. The summed E-state index contributed by atoms with van der Waals surface area (Å²) in [5.41, 5.74) is 1.00. The molecule has 15 heavy (non-hydrogen) atoms. The Morgan fingerprint density at radius 3 is 2.80 bits per heavy atom. The average molecular weight is 206 g/mol. The Morgan fingerprint density at radius 1 is 1.47 bits per heavy atom. The van der Waals surface area contributed by atoms with Gasteiger partial charge < -0.3 is 9.47 Å². The van der Waals surface area contributed by atoms with Crippen molar-refractivity contribution < 1.29 is 14.3 Å². The van der Waals surface area contributed by atoms with Crippen molar-refractivity contribution in [2.75, 3.05) is 6.61 Å². The molecule has 0 fully saturated rings. The normalized spacial score (nSPS) is 9.47. The standard InChI is InChI=1S/C12H14O3/c1-4-12(13)15-11-8-9(3)6-7-10(11)14-5-2/h4,6-8H,1,5H2,2-3H3. The molecule has 1 aromatic rings. The molecule has 0 radical (unpaired) electrons. The van der Waals surface area contributed by atoms with Gasteiger partial charge in [0, 0.05) is 6.08 Å². The molecule has 0 saturated heterocycles. The van der Waals surface area contributed by atoms with Crippen LogP contribution in [0.5, 0.6) is 11.5 Å². The summed E-state index contributed by atoms with van der Waals surface area (Å²) in [6.07, 6.45) is 1.12. The Labute approximate surface area is 89.3 Å². The average Bonchev–Trinajstić information content (AvgIpc) is 2.22. The van der Waals surface area contributed by atoms with Crippen molar-refractivity contribution in [1.82, 2.24) is 0 Å². The molecule has 0 aliphatic heterocycles. The molecule has 3 heteroatoms. The number of esters is 1. The monoisotopic (exact) mass is 206 g/mol. The van der Waals surface area contributed by atoms with E-state index in [2.05, 4.69) is 6.58 Å². The van der Waals surface area contributed by atoms with Crippen molar-refractivity contribution in [2.45, 2.75) is 13.8 Å². The van der Waals surface area contributed by atoms with Crippen molar-refractivity contribution in [1.29, 1.82) is 0 Å². The first-order valence-corrected chi connectivity index (χ1v) is 4.75. The molecule has 0 amide bonds. The summed E-state index contributed by atoms with van der Waals surface area (Å²) in [6, 6.07) is 5.44. The lowest BCUT2D eigenvalue weighted by molar-refractivity contribution is -0.129. The molecule has 0 heterocycles. The molecule has 3 nitrogen and oxygen atoms in total. The van der Waals surface area contributed by atoms with Crippen LogP contribution in [0, 0.1) is 6.92 Å². The van der Waals surface area contributed by atoms with Crippen molar-refractivity contribution in [3.8, 4) is 11.5 Å². The highest BCUT2D eigenvalue weighted by Crippen LogP contribution is 2.28.